The molecule has 2 saturated heterocycles. The van der Waals surface area contributed by atoms with Crippen LogP contribution in [0.4, 0.5) is 22.7 Å². The van der Waals surface area contributed by atoms with Gasteiger partial charge in [0, 0.05) is 97.4 Å². The Labute approximate surface area is 257 Å². The number of carbonyl (C=O) groups is 3. The third kappa shape index (κ3) is 6.96. The van der Waals surface area contributed by atoms with Crippen molar-refractivity contribution in [1.82, 2.24) is 10.6 Å². The standard InChI is InChI=1S/C35H36N6O3/c42-33(25-1-9-29(10-2-25)38-34(43)27-5-13-31(14-6-27)40-21-17-36-18-22-40)26-3-11-30(12-4-26)39-35(44)28-7-15-32(16-8-28)41-23-19-37-20-24-41/h1-16,36-37H,17-24H2,(H,38,43)(H,39,44). The van der Waals surface area contributed by atoms with Gasteiger partial charge in [-0.25, -0.2) is 0 Å². The molecule has 0 aromatic heterocycles. The predicted molar refractivity (Wildman–Crippen MR) is 175 cm³/mol. The van der Waals surface area contributed by atoms with E-state index in [0.717, 1.165) is 63.7 Å². The van der Waals surface area contributed by atoms with Gasteiger partial charge in [-0.15, -0.1) is 0 Å². The normalized spacial score (nSPS) is 15.0. The molecule has 0 saturated carbocycles. The van der Waals surface area contributed by atoms with Crippen LogP contribution < -0.4 is 31.1 Å². The van der Waals surface area contributed by atoms with E-state index in [2.05, 4.69) is 31.1 Å². The van der Waals surface area contributed by atoms with E-state index < -0.39 is 0 Å². The predicted octanol–water partition coefficient (Wildman–Crippen LogP) is 4.24. The lowest BCUT2D eigenvalue weighted by atomic mass is 10.0. The molecule has 2 amide bonds. The fraction of sp³-hybridized carbons (Fsp3) is 0.229. The SMILES string of the molecule is O=C(Nc1ccc(C(=O)c2ccc(NC(=O)c3ccc(N4CCNCC4)cc3)cc2)cc1)c1ccc(N2CCNCC2)cc1. The first-order valence-electron chi connectivity index (χ1n) is 15.0. The fourth-order valence-corrected chi connectivity index (χ4v) is 5.48. The monoisotopic (exact) mass is 588 g/mol. The summed E-state index contributed by atoms with van der Waals surface area (Å²) in [5.74, 6) is -0.555. The van der Waals surface area contributed by atoms with Gasteiger partial charge in [0.2, 0.25) is 0 Å². The maximum absolute atomic E-state index is 13.1. The van der Waals surface area contributed by atoms with Crippen LogP contribution in [0.5, 0.6) is 0 Å². The number of rotatable bonds is 8. The Morgan fingerprint density at radius 3 is 1.11 bits per heavy atom. The first-order valence-corrected chi connectivity index (χ1v) is 15.0. The Kier molecular flexibility index (Phi) is 8.95. The summed E-state index contributed by atoms with van der Waals surface area (Å²) in [5, 5.41) is 12.5. The molecule has 0 atom stereocenters. The van der Waals surface area contributed by atoms with Crippen LogP contribution in [-0.4, -0.2) is 70.0 Å². The van der Waals surface area contributed by atoms with Gasteiger partial charge in [-0.3, -0.25) is 14.4 Å². The van der Waals surface area contributed by atoms with Crippen molar-refractivity contribution in [2.24, 2.45) is 0 Å². The maximum Gasteiger partial charge on any atom is 0.255 e. The summed E-state index contributed by atoms with van der Waals surface area (Å²) in [6.07, 6.45) is 0. The second-order valence-electron chi connectivity index (χ2n) is 11.0. The van der Waals surface area contributed by atoms with Crippen LogP contribution in [0.15, 0.2) is 97.1 Å². The summed E-state index contributed by atoms with van der Waals surface area (Å²) in [6.45, 7) is 7.62. The van der Waals surface area contributed by atoms with Crippen molar-refractivity contribution in [2.45, 2.75) is 0 Å². The lowest BCUT2D eigenvalue weighted by Gasteiger charge is -2.29. The molecular formula is C35H36N6O3. The molecule has 2 aliphatic rings. The highest BCUT2D eigenvalue weighted by Gasteiger charge is 2.15. The average molecular weight is 589 g/mol. The topological polar surface area (TPSA) is 106 Å². The Balaban J connectivity index is 1.02. The smallest absolute Gasteiger partial charge is 0.255 e. The highest BCUT2D eigenvalue weighted by molar-refractivity contribution is 6.10. The van der Waals surface area contributed by atoms with E-state index in [1.54, 1.807) is 48.5 Å². The van der Waals surface area contributed by atoms with Crippen molar-refractivity contribution >= 4 is 40.3 Å². The van der Waals surface area contributed by atoms with Crippen LogP contribution in [0.2, 0.25) is 0 Å². The number of ketones is 1. The lowest BCUT2D eigenvalue weighted by molar-refractivity contribution is 0.101. The van der Waals surface area contributed by atoms with E-state index in [4.69, 9.17) is 0 Å². The molecule has 2 heterocycles. The number of amides is 2. The van der Waals surface area contributed by atoms with Crippen LogP contribution in [0.3, 0.4) is 0 Å². The largest absolute Gasteiger partial charge is 0.369 e. The number of benzene rings is 4. The van der Waals surface area contributed by atoms with Gasteiger partial charge < -0.3 is 31.1 Å². The van der Waals surface area contributed by atoms with E-state index in [1.807, 2.05) is 48.5 Å². The zero-order valence-electron chi connectivity index (χ0n) is 24.5. The summed E-state index contributed by atoms with van der Waals surface area (Å²) in [5.41, 5.74) is 5.59. The summed E-state index contributed by atoms with van der Waals surface area (Å²) in [7, 11) is 0. The minimum atomic E-state index is -0.205. The molecule has 2 aliphatic heterocycles. The van der Waals surface area contributed by atoms with Gasteiger partial charge in [-0.05, 0) is 97.1 Å². The highest BCUT2D eigenvalue weighted by atomic mass is 16.2. The Morgan fingerprint density at radius 1 is 0.455 bits per heavy atom. The lowest BCUT2D eigenvalue weighted by Crippen LogP contribution is -2.43. The summed E-state index contributed by atoms with van der Waals surface area (Å²) >= 11 is 0. The highest BCUT2D eigenvalue weighted by Crippen LogP contribution is 2.20. The van der Waals surface area contributed by atoms with E-state index in [1.165, 1.54) is 0 Å². The molecule has 9 heteroatoms. The summed E-state index contributed by atoms with van der Waals surface area (Å²) in [6, 6.07) is 28.9. The molecule has 2 fully saturated rings. The van der Waals surface area contributed by atoms with Crippen LogP contribution in [-0.2, 0) is 0 Å². The fourth-order valence-electron chi connectivity index (χ4n) is 5.48. The van der Waals surface area contributed by atoms with Crippen LogP contribution in [0.25, 0.3) is 0 Å². The molecule has 224 valence electrons. The first-order chi connectivity index (χ1) is 21.5. The van der Waals surface area contributed by atoms with Crippen LogP contribution >= 0.6 is 0 Å². The molecule has 44 heavy (non-hydrogen) atoms. The third-order valence-electron chi connectivity index (χ3n) is 8.03. The Bertz CT molecular complexity index is 1470. The van der Waals surface area contributed by atoms with E-state index in [9.17, 15) is 14.4 Å². The molecular weight excluding hydrogens is 552 g/mol. The van der Waals surface area contributed by atoms with Gasteiger partial charge in [0.05, 0.1) is 0 Å². The van der Waals surface area contributed by atoms with E-state index in [-0.39, 0.29) is 17.6 Å². The maximum atomic E-state index is 13.1. The van der Waals surface area contributed by atoms with Crippen molar-refractivity contribution in [3.05, 3.63) is 119 Å². The molecule has 9 nitrogen and oxygen atoms in total. The van der Waals surface area contributed by atoms with Crippen LogP contribution in [0, 0.1) is 0 Å². The van der Waals surface area contributed by atoms with Gasteiger partial charge in [0.25, 0.3) is 11.8 Å². The minimum Gasteiger partial charge on any atom is -0.369 e. The number of nitrogens with one attached hydrogen (secondary N) is 4. The quantitative estimate of drug-likeness (QED) is 0.228. The van der Waals surface area contributed by atoms with Crippen molar-refractivity contribution in [2.75, 3.05) is 72.8 Å². The number of carbonyl (C=O) groups excluding carboxylic acids is 3. The molecule has 4 aromatic carbocycles. The summed E-state index contributed by atoms with van der Waals surface area (Å²) < 4.78 is 0. The van der Waals surface area contributed by atoms with Crippen molar-refractivity contribution in [3.8, 4) is 0 Å². The van der Waals surface area contributed by atoms with Gasteiger partial charge in [-0.2, -0.15) is 0 Å². The van der Waals surface area contributed by atoms with Gasteiger partial charge in [0.1, 0.15) is 0 Å². The molecule has 0 bridgehead atoms. The minimum absolute atomic E-state index is 0.146. The summed E-state index contributed by atoms with van der Waals surface area (Å²) in [4.78, 5) is 43.3. The van der Waals surface area contributed by atoms with Crippen molar-refractivity contribution in [1.29, 1.82) is 0 Å². The average Bonchev–Trinajstić information content (AvgIpc) is 3.09. The molecule has 0 unspecified atom stereocenters. The molecule has 0 radical (unpaired) electrons. The first kappa shape index (κ1) is 29.1. The van der Waals surface area contributed by atoms with Gasteiger partial charge in [-0.1, -0.05) is 0 Å². The van der Waals surface area contributed by atoms with Crippen LogP contribution in [0.1, 0.15) is 36.6 Å². The molecule has 0 aliphatic carbocycles. The number of hydrogen-bond donors (Lipinski definition) is 4. The Hall–Kier alpha value is -4.99. The second kappa shape index (κ2) is 13.5. The molecule has 0 spiro atoms. The van der Waals surface area contributed by atoms with Crippen molar-refractivity contribution < 1.29 is 14.4 Å². The molecule has 4 aromatic rings. The molecule has 4 N–H and O–H groups in total. The van der Waals surface area contributed by atoms with Crippen molar-refractivity contribution in [3.63, 3.8) is 0 Å². The second-order valence-corrected chi connectivity index (χ2v) is 11.0. The van der Waals surface area contributed by atoms with Gasteiger partial charge >= 0.3 is 0 Å². The number of nitrogens with zero attached hydrogens (tertiary/aromatic N) is 2. The van der Waals surface area contributed by atoms with E-state index >= 15 is 0 Å². The molecule has 6 rings (SSSR count). The zero-order valence-corrected chi connectivity index (χ0v) is 24.5. The number of anilines is 4. The Morgan fingerprint density at radius 2 is 0.773 bits per heavy atom. The third-order valence-corrected chi connectivity index (χ3v) is 8.03. The zero-order chi connectivity index (χ0) is 30.3. The number of piperazine rings is 2. The van der Waals surface area contributed by atoms with Gasteiger partial charge in [0.15, 0.2) is 5.78 Å². The number of hydrogen-bond acceptors (Lipinski definition) is 7. The van der Waals surface area contributed by atoms with E-state index in [0.29, 0.717) is 33.6 Å².